The minimum absolute atomic E-state index is 0.0887. The number of likely N-dealkylation sites (N-methyl/N-ethyl adjacent to an activating group) is 1. The van der Waals surface area contributed by atoms with Crippen molar-refractivity contribution < 1.29 is 9.53 Å². The molecule has 0 aromatic carbocycles. The first-order chi connectivity index (χ1) is 8.57. The Balaban J connectivity index is 1.78. The van der Waals surface area contributed by atoms with Gasteiger partial charge in [-0.25, -0.2) is 0 Å². The Morgan fingerprint density at radius 3 is 2.67 bits per heavy atom. The molecule has 2 fully saturated rings. The van der Waals surface area contributed by atoms with Crippen LogP contribution in [0, 0.1) is 0 Å². The Labute approximate surface area is 109 Å². The van der Waals surface area contributed by atoms with Gasteiger partial charge in [-0.15, -0.1) is 0 Å². The first-order valence-corrected chi connectivity index (χ1v) is 6.79. The molecule has 1 aliphatic heterocycles. The molecule has 18 heavy (non-hydrogen) atoms. The first-order valence-electron chi connectivity index (χ1n) is 6.79. The Kier molecular flexibility index (Phi) is 4.25. The summed E-state index contributed by atoms with van der Waals surface area (Å²) in [6.07, 6.45) is 4.57. The van der Waals surface area contributed by atoms with Crippen LogP contribution in [0.5, 0.6) is 0 Å². The molecule has 5 heteroatoms. The molecule has 1 amide bonds. The summed E-state index contributed by atoms with van der Waals surface area (Å²) in [6, 6.07) is -0.0887. The van der Waals surface area contributed by atoms with Gasteiger partial charge in [0.1, 0.15) is 0 Å². The van der Waals surface area contributed by atoms with Crippen molar-refractivity contribution in [2.24, 2.45) is 0 Å². The van der Waals surface area contributed by atoms with Gasteiger partial charge in [-0.05, 0) is 39.8 Å². The maximum absolute atomic E-state index is 12.1. The summed E-state index contributed by atoms with van der Waals surface area (Å²) >= 11 is 0. The van der Waals surface area contributed by atoms with Crippen LogP contribution in [0.1, 0.15) is 25.7 Å². The molecule has 0 aromatic heterocycles. The van der Waals surface area contributed by atoms with Gasteiger partial charge in [0, 0.05) is 25.7 Å². The van der Waals surface area contributed by atoms with Gasteiger partial charge in [0.05, 0.1) is 12.1 Å². The third kappa shape index (κ3) is 2.68. The highest BCUT2D eigenvalue weighted by Crippen LogP contribution is 2.35. The first kappa shape index (κ1) is 13.8. The minimum atomic E-state index is -0.0887. The Bertz CT molecular complexity index is 303. The molecule has 1 heterocycles. The van der Waals surface area contributed by atoms with Gasteiger partial charge >= 0.3 is 0 Å². The van der Waals surface area contributed by atoms with Gasteiger partial charge < -0.3 is 20.3 Å². The van der Waals surface area contributed by atoms with Gasteiger partial charge in [0.15, 0.2) is 0 Å². The summed E-state index contributed by atoms with van der Waals surface area (Å²) < 4.78 is 5.26. The van der Waals surface area contributed by atoms with Crippen LogP contribution in [0.15, 0.2) is 0 Å². The normalized spacial score (nSPS) is 30.2. The maximum atomic E-state index is 12.1. The number of amides is 1. The van der Waals surface area contributed by atoms with E-state index in [4.69, 9.17) is 4.74 Å². The van der Waals surface area contributed by atoms with Crippen LogP contribution in [-0.2, 0) is 9.53 Å². The van der Waals surface area contributed by atoms with Crippen molar-refractivity contribution in [2.45, 2.75) is 43.4 Å². The van der Waals surface area contributed by atoms with E-state index in [0.717, 1.165) is 19.5 Å². The number of carbonyl (C=O) groups excluding carboxylic acids is 1. The standard InChI is InChI=1S/C13H25N3O2/c1-16(2)13(5-4-6-13)9-15-12(17)11-7-10(18-3)8-14-11/h10-11,14H,4-9H2,1-3H3,(H,15,17). The van der Waals surface area contributed by atoms with Crippen LogP contribution >= 0.6 is 0 Å². The van der Waals surface area contributed by atoms with Gasteiger partial charge in [0.2, 0.25) is 5.91 Å². The number of carbonyl (C=O) groups is 1. The molecular weight excluding hydrogens is 230 g/mol. The summed E-state index contributed by atoms with van der Waals surface area (Å²) in [6.45, 7) is 1.53. The summed E-state index contributed by atoms with van der Waals surface area (Å²) in [5, 5.41) is 6.30. The van der Waals surface area contributed by atoms with E-state index in [1.54, 1.807) is 7.11 Å². The quantitative estimate of drug-likeness (QED) is 0.724. The fourth-order valence-corrected chi connectivity index (χ4v) is 2.82. The lowest BCUT2D eigenvalue weighted by atomic mass is 9.75. The molecule has 1 aliphatic carbocycles. The molecule has 0 aromatic rings. The molecule has 0 bridgehead atoms. The van der Waals surface area contributed by atoms with Gasteiger partial charge in [-0.1, -0.05) is 0 Å². The summed E-state index contributed by atoms with van der Waals surface area (Å²) in [7, 11) is 5.89. The summed E-state index contributed by atoms with van der Waals surface area (Å²) in [5.41, 5.74) is 0.189. The van der Waals surface area contributed by atoms with E-state index < -0.39 is 0 Å². The molecular formula is C13H25N3O2. The van der Waals surface area contributed by atoms with E-state index >= 15 is 0 Å². The zero-order valence-electron chi connectivity index (χ0n) is 11.7. The van der Waals surface area contributed by atoms with Crippen LogP contribution in [0.4, 0.5) is 0 Å². The monoisotopic (exact) mass is 255 g/mol. The molecule has 2 aliphatic rings. The number of rotatable bonds is 5. The van der Waals surface area contributed by atoms with E-state index in [1.165, 1.54) is 19.3 Å². The third-order valence-corrected chi connectivity index (χ3v) is 4.56. The second-order valence-electron chi connectivity index (χ2n) is 5.74. The second-order valence-corrected chi connectivity index (χ2v) is 5.74. The molecule has 2 atom stereocenters. The molecule has 2 unspecified atom stereocenters. The topological polar surface area (TPSA) is 53.6 Å². The third-order valence-electron chi connectivity index (χ3n) is 4.56. The van der Waals surface area contributed by atoms with Crippen LogP contribution in [-0.4, -0.2) is 62.8 Å². The number of nitrogens with zero attached hydrogens (tertiary/aromatic N) is 1. The number of hydrogen-bond donors (Lipinski definition) is 2. The molecule has 2 N–H and O–H groups in total. The number of ether oxygens (including phenoxy) is 1. The molecule has 1 saturated heterocycles. The fraction of sp³-hybridized carbons (Fsp3) is 0.923. The van der Waals surface area contributed by atoms with E-state index in [0.29, 0.717) is 0 Å². The zero-order valence-corrected chi connectivity index (χ0v) is 11.7. The largest absolute Gasteiger partial charge is 0.380 e. The lowest BCUT2D eigenvalue weighted by Gasteiger charge is -2.47. The van der Waals surface area contributed by atoms with Crippen LogP contribution in [0.2, 0.25) is 0 Å². The summed E-state index contributed by atoms with van der Waals surface area (Å²) in [4.78, 5) is 14.3. The Hall–Kier alpha value is -0.650. The molecule has 5 nitrogen and oxygen atoms in total. The SMILES string of the molecule is COC1CNC(C(=O)NCC2(N(C)C)CCC2)C1. The van der Waals surface area contributed by atoms with E-state index in [9.17, 15) is 4.79 Å². The smallest absolute Gasteiger partial charge is 0.237 e. The van der Waals surface area contributed by atoms with Crippen molar-refractivity contribution in [3.05, 3.63) is 0 Å². The fourth-order valence-electron chi connectivity index (χ4n) is 2.82. The molecule has 0 spiro atoms. The maximum Gasteiger partial charge on any atom is 0.237 e. The van der Waals surface area contributed by atoms with E-state index in [1.807, 2.05) is 0 Å². The van der Waals surface area contributed by atoms with Gasteiger partial charge in [0.25, 0.3) is 0 Å². The average Bonchev–Trinajstić information content (AvgIpc) is 2.75. The lowest BCUT2D eigenvalue weighted by Crippen LogP contribution is -2.58. The van der Waals surface area contributed by atoms with Crippen molar-refractivity contribution in [2.75, 3.05) is 34.3 Å². The van der Waals surface area contributed by atoms with Crippen molar-refractivity contribution in [3.63, 3.8) is 0 Å². The van der Waals surface area contributed by atoms with Crippen molar-refractivity contribution >= 4 is 5.91 Å². The van der Waals surface area contributed by atoms with Crippen molar-refractivity contribution in [1.82, 2.24) is 15.5 Å². The molecule has 104 valence electrons. The van der Waals surface area contributed by atoms with E-state index in [-0.39, 0.29) is 23.6 Å². The zero-order chi connectivity index (χ0) is 13.2. The Morgan fingerprint density at radius 1 is 1.50 bits per heavy atom. The number of nitrogens with one attached hydrogen (secondary N) is 2. The molecule has 0 radical (unpaired) electrons. The van der Waals surface area contributed by atoms with E-state index in [2.05, 4.69) is 29.6 Å². The van der Waals surface area contributed by atoms with Crippen LogP contribution < -0.4 is 10.6 Å². The second kappa shape index (κ2) is 5.55. The van der Waals surface area contributed by atoms with Crippen LogP contribution in [0.3, 0.4) is 0 Å². The predicted molar refractivity (Wildman–Crippen MR) is 70.5 cm³/mol. The highest BCUT2D eigenvalue weighted by molar-refractivity contribution is 5.82. The van der Waals surface area contributed by atoms with Crippen molar-refractivity contribution in [1.29, 1.82) is 0 Å². The highest BCUT2D eigenvalue weighted by atomic mass is 16.5. The van der Waals surface area contributed by atoms with Gasteiger partial charge in [-0.2, -0.15) is 0 Å². The predicted octanol–water partition coefficient (Wildman–Crippen LogP) is -0.0362. The van der Waals surface area contributed by atoms with Crippen molar-refractivity contribution in [3.8, 4) is 0 Å². The number of methoxy groups -OCH3 is 1. The lowest BCUT2D eigenvalue weighted by molar-refractivity contribution is -0.124. The average molecular weight is 255 g/mol. The molecule has 2 rings (SSSR count). The minimum Gasteiger partial charge on any atom is -0.380 e. The molecule has 1 saturated carbocycles. The highest BCUT2D eigenvalue weighted by Gasteiger charge is 2.40. The Morgan fingerprint density at radius 2 is 2.22 bits per heavy atom. The number of hydrogen-bond acceptors (Lipinski definition) is 4. The summed E-state index contributed by atoms with van der Waals surface area (Å²) in [5.74, 6) is 0.114. The van der Waals surface area contributed by atoms with Crippen LogP contribution in [0.25, 0.3) is 0 Å². The van der Waals surface area contributed by atoms with Gasteiger partial charge in [-0.3, -0.25) is 4.79 Å².